The maximum absolute atomic E-state index is 12.9. The summed E-state index contributed by atoms with van der Waals surface area (Å²) in [6.45, 7) is 3.83. The lowest BCUT2D eigenvalue weighted by molar-refractivity contribution is -0.134. The largest absolute Gasteiger partial charge is 0.452 e. The van der Waals surface area contributed by atoms with Gasteiger partial charge in [-0.2, -0.15) is 5.10 Å². The summed E-state index contributed by atoms with van der Waals surface area (Å²) in [5.74, 6) is -0.665. The number of likely N-dealkylation sites (tertiary alicyclic amines) is 1. The van der Waals surface area contributed by atoms with Crippen molar-refractivity contribution >= 4 is 22.9 Å². The van der Waals surface area contributed by atoms with Gasteiger partial charge in [0, 0.05) is 25.2 Å². The van der Waals surface area contributed by atoms with Gasteiger partial charge >= 0.3 is 5.97 Å². The number of rotatable bonds is 5. The molecule has 1 amide bonds. The summed E-state index contributed by atoms with van der Waals surface area (Å²) < 4.78 is 7.18. The number of esters is 1. The highest BCUT2D eigenvalue weighted by atomic mass is 16.5. The Hall–Kier alpha value is -3.22. The molecule has 156 valence electrons. The molecule has 1 aliphatic rings. The number of aromatic nitrogens is 3. The second kappa shape index (κ2) is 9.07. The Morgan fingerprint density at radius 2 is 1.80 bits per heavy atom. The first-order valence-electron chi connectivity index (χ1n) is 10.5. The van der Waals surface area contributed by atoms with Gasteiger partial charge in [-0.15, -0.1) is 0 Å². The molecule has 7 nitrogen and oxygen atoms in total. The number of ether oxygens (including phenoxy) is 1. The third kappa shape index (κ3) is 4.20. The molecule has 4 rings (SSSR count). The van der Waals surface area contributed by atoms with Crippen molar-refractivity contribution in [2.24, 2.45) is 0 Å². The van der Waals surface area contributed by atoms with E-state index in [1.54, 1.807) is 21.8 Å². The van der Waals surface area contributed by atoms with Crippen LogP contribution in [0, 0.1) is 0 Å². The van der Waals surface area contributed by atoms with Gasteiger partial charge in [-0.25, -0.2) is 14.5 Å². The summed E-state index contributed by atoms with van der Waals surface area (Å²) in [6, 6.07) is 11.4. The van der Waals surface area contributed by atoms with Gasteiger partial charge in [0.05, 0.1) is 22.8 Å². The van der Waals surface area contributed by atoms with Crippen LogP contribution in [-0.2, 0) is 16.1 Å². The number of amides is 1. The van der Waals surface area contributed by atoms with Crippen LogP contribution in [0.5, 0.6) is 0 Å². The maximum Gasteiger partial charge on any atom is 0.339 e. The van der Waals surface area contributed by atoms with E-state index in [-0.39, 0.29) is 12.5 Å². The SMILES string of the molecule is CCn1ncc2c(C(=O)OCC(=O)N3CCCCCC3)cc(-c3ccccc3)nc21. The number of aryl methyl sites for hydroxylation is 1. The normalized spacial score (nSPS) is 14.5. The third-order valence-electron chi connectivity index (χ3n) is 5.48. The average Bonchev–Trinajstić information content (AvgIpc) is 3.01. The fourth-order valence-electron chi connectivity index (χ4n) is 3.82. The molecule has 0 atom stereocenters. The van der Waals surface area contributed by atoms with E-state index in [1.807, 2.05) is 37.3 Å². The van der Waals surface area contributed by atoms with Crippen LogP contribution in [0.4, 0.5) is 0 Å². The standard InChI is InChI=1S/C23H26N4O3/c1-2-27-22-19(15-24-27)18(14-20(25-22)17-10-6-5-7-11-17)23(29)30-16-21(28)26-12-8-3-4-9-13-26/h5-7,10-11,14-15H,2-4,8-9,12-13,16H2,1H3. The van der Waals surface area contributed by atoms with Crippen LogP contribution in [0.15, 0.2) is 42.6 Å². The minimum absolute atomic E-state index is 0.136. The molecule has 3 heterocycles. The molecule has 2 aromatic heterocycles. The Morgan fingerprint density at radius 3 is 2.50 bits per heavy atom. The first-order chi connectivity index (χ1) is 14.7. The van der Waals surface area contributed by atoms with E-state index in [4.69, 9.17) is 9.72 Å². The highest BCUT2D eigenvalue weighted by Crippen LogP contribution is 2.25. The van der Waals surface area contributed by atoms with E-state index in [9.17, 15) is 9.59 Å². The second-order valence-electron chi connectivity index (χ2n) is 7.49. The Labute approximate surface area is 175 Å². The summed E-state index contributed by atoms with van der Waals surface area (Å²) in [5, 5.41) is 4.97. The zero-order valence-electron chi connectivity index (χ0n) is 17.2. The molecule has 7 heteroatoms. The van der Waals surface area contributed by atoms with Crippen molar-refractivity contribution in [3.63, 3.8) is 0 Å². The van der Waals surface area contributed by atoms with Crippen molar-refractivity contribution < 1.29 is 14.3 Å². The minimum atomic E-state index is -0.529. The second-order valence-corrected chi connectivity index (χ2v) is 7.49. The molecule has 0 unspecified atom stereocenters. The van der Waals surface area contributed by atoms with Gasteiger partial charge in [0.25, 0.3) is 5.91 Å². The van der Waals surface area contributed by atoms with Crippen molar-refractivity contribution in [1.29, 1.82) is 0 Å². The van der Waals surface area contributed by atoms with Crippen LogP contribution >= 0.6 is 0 Å². The van der Waals surface area contributed by atoms with E-state index >= 15 is 0 Å². The van der Waals surface area contributed by atoms with E-state index in [2.05, 4.69) is 5.10 Å². The lowest BCUT2D eigenvalue weighted by Crippen LogP contribution is -2.35. The van der Waals surface area contributed by atoms with Gasteiger partial charge in [-0.3, -0.25) is 4.79 Å². The van der Waals surface area contributed by atoms with Gasteiger partial charge in [-0.05, 0) is 25.8 Å². The predicted octanol–water partition coefficient (Wildman–Crippen LogP) is 3.68. The van der Waals surface area contributed by atoms with Gasteiger partial charge in [0.15, 0.2) is 12.3 Å². The quantitative estimate of drug-likeness (QED) is 0.604. The number of hydrogen-bond donors (Lipinski definition) is 0. The molecular formula is C23H26N4O3. The van der Waals surface area contributed by atoms with Crippen molar-refractivity contribution in [2.45, 2.75) is 39.2 Å². The van der Waals surface area contributed by atoms with Crippen molar-refractivity contribution in [1.82, 2.24) is 19.7 Å². The highest BCUT2D eigenvalue weighted by Gasteiger charge is 2.21. The van der Waals surface area contributed by atoms with Crippen molar-refractivity contribution in [3.05, 3.63) is 48.2 Å². The third-order valence-corrected chi connectivity index (χ3v) is 5.48. The highest BCUT2D eigenvalue weighted by molar-refractivity contribution is 6.04. The maximum atomic E-state index is 12.9. The molecule has 0 spiro atoms. The summed E-state index contributed by atoms with van der Waals surface area (Å²) in [5.41, 5.74) is 2.58. The average molecular weight is 406 g/mol. The number of pyridine rings is 1. The Morgan fingerprint density at radius 1 is 1.07 bits per heavy atom. The fourth-order valence-corrected chi connectivity index (χ4v) is 3.82. The van der Waals surface area contributed by atoms with Crippen molar-refractivity contribution in [2.75, 3.05) is 19.7 Å². The van der Waals surface area contributed by atoms with E-state index in [0.29, 0.717) is 28.8 Å². The van der Waals surface area contributed by atoms with Gasteiger partial charge in [0.1, 0.15) is 0 Å². The number of carbonyl (C=O) groups excluding carboxylic acids is 2. The molecule has 1 aromatic carbocycles. The molecule has 1 fully saturated rings. The molecule has 0 radical (unpaired) electrons. The Bertz CT molecular complexity index is 1040. The lowest BCUT2D eigenvalue weighted by atomic mass is 10.1. The first kappa shape index (κ1) is 20.1. The molecule has 0 bridgehead atoms. The monoisotopic (exact) mass is 406 g/mol. The smallest absolute Gasteiger partial charge is 0.339 e. The van der Waals surface area contributed by atoms with Gasteiger partial charge in [-0.1, -0.05) is 43.2 Å². The minimum Gasteiger partial charge on any atom is -0.452 e. The summed E-state index contributed by atoms with van der Waals surface area (Å²) in [7, 11) is 0. The summed E-state index contributed by atoms with van der Waals surface area (Å²) >= 11 is 0. The molecule has 3 aromatic rings. The number of benzene rings is 1. The first-order valence-corrected chi connectivity index (χ1v) is 10.5. The predicted molar refractivity (Wildman–Crippen MR) is 114 cm³/mol. The van der Waals surface area contributed by atoms with E-state index in [1.165, 1.54) is 0 Å². The lowest BCUT2D eigenvalue weighted by Gasteiger charge is -2.20. The number of fused-ring (bicyclic) bond motifs is 1. The van der Waals surface area contributed by atoms with E-state index < -0.39 is 5.97 Å². The molecule has 0 saturated carbocycles. The Balaban J connectivity index is 1.59. The van der Waals surface area contributed by atoms with Crippen LogP contribution in [0.3, 0.4) is 0 Å². The fraction of sp³-hybridized carbons (Fsp3) is 0.391. The topological polar surface area (TPSA) is 77.3 Å². The number of carbonyl (C=O) groups is 2. The van der Waals surface area contributed by atoms with Crippen LogP contribution in [-0.4, -0.2) is 51.2 Å². The van der Waals surface area contributed by atoms with Crippen LogP contribution in [0.1, 0.15) is 43.0 Å². The molecule has 30 heavy (non-hydrogen) atoms. The van der Waals surface area contributed by atoms with E-state index in [0.717, 1.165) is 44.3 Å². The number of nitrogens with zero attached hydrogens (tertiary/aromatic N) is 4. The van der Waals surface area contributed by atoms with Crippen LogP contribution in [0.2, 0.25) is 0 Å². The number of hydrogen-bond acceptors (Lipinski definition) is 5. The zero-order valence-corrected chi connectivity index (χ0v) is 17.2. The van der Waals surface area contributed by atoms with Crippen LogP contribution in [0.25, 0.3) is 22.3 Å². The molecule has 1 saturated heterocycles. The summed E-state index contributed by atoms with van der Waals surface area (Å²) in [4.78, 5) is 32.0. The summed E-state index contributed by atoms with van der Waals surface area (Å²) in [6.07, 6.45) is 5.92. The molecule has 0 N–H and O–H groups in total. The Kier molecular flexibility index (Phi) is 6.07. The van der Waals surface area contributed by atoms with Crippen molar-refractivity contribution in [3.8, 4) is 11.3 Å². The molecular weight excluding hydrogens is 380 g/mol. The van der Waals surface area contributed by atoms with Gasteiger partial charge in [0.2, 0.25) is 0 Å². The molecule has 0 aliphatic carbocycles. The molecule has 1 aliphatic heterocycles. The zero-order chi connectivity index (χ0) is 20.9. The van der Waals surface area contributed by atoms with Crippen LogP contribution < -0.4 is 0 Å². The van der Waals surface area contributed by atoms with Gasteiger partial charge < -0.3 is 9.64 Å².